The summed E-state index contributed by atoms with van der Waals surface area (Å²) in [6.07, 6.45) is 0. The molecule has 4 rings (SSSR count). The lowest BCUT2D eigenvalue weighted by Crippen LogP contribution is -2.49. The van der Waals surface area contributed by atoms with E-state index in [9.17, 15) is 14.4 Å². The fourth-order valence-corrected chi connectivity index (χ4v) is 4.13. The molecule has 0 atom stereocenters. The number of nitrogens with zero attached hydrogens (tertiary/aromatic N) is 2. The van der Waals surface area contributed by atoms with Crippen molar-refractivity contribution in [3.05, 3.63) is 94.0 Å². The highest BCUT2D eigenvalue weighted by atomic mass is 79.9. The van der Waals surface area contributed by atoms with E-state index in [0.29, 0.717) is 48.6 Å². The summed E-state index contributed by atoms with van der Waals surface area (Å²) in [5, 5.41) is 2.94. The number of benzene rings is 3. The van der Waals surface area contributed by atoms with Gasteiger partial charge in [0.05, 0.1) is 24.0 Å². The lowest BCUT2D eigenvalue weighted by atomic mass is 10.1. The summed E-state index contributed by atoms with van der Waals surface area (Å²) in [6.45, 7) is 2.29. The van der Waals surface area contributed by atoms with Gasteiger partial charge in [-0.25, -0.2) is 4.79 Å². The summed E-state index contributed by atoms with van der Waals surface area (Å²) in [5.41, 5.74) is 2.80. The molecule has 1 N–H and O–H groups in total. The van der Waals surface area contributed by atoms with E-state index in [1.165, 1.54) is 7.11 Å². The SMILES string of the molecule is COC(=O)c1ccc(N2CCN(C(=O)c3ccccc3)CC2)c(NC(=O)c2ccc(Br)cc2)c1. The van der Waals surface area contributed by atoms with Crippen LogP contribution < -0.4 is 10.2 Å². The quantitative estimate of drug-likeness (QED) is 0.501. The van der Waals surface area contributed by atoms with Gasteiger partial charge in [-0.3, -0.25) is 9.59 Å². The van der Waals surface area contributed by atoms with E-state index in [4.69, 9.17) is 4.74 Å². The molecular weight excluding hydrogens is 498 g/mol. The summed E-state index contributed by atoms with van der Waals surface area (Å²) in [6, 6.07) is 21.4. The number of hydrogen-bond donors (Lipinski definition) is 1. The molecule has 174 valence electrons. The molecule has 1 heterocycles. The first-order valence-corrected chi connectivity index (χ1v) is 11.6. The van der Waals surface area contributed by atoms with E-state index >= 15 is 0 Å². The van der Waals surface area contributed by atoms with Gasteiger partial charge >= 0.3 is 5.97 Å². The summed E-state index contributed by atoms with van der Waals surface area (Å²) in [7, 11) is 1.32. The number of halogens is 1. The van der Waals surface area contributed by atoms with Crippen molar-refractivity contribution in [3.8, 4) is 0 Å². The molecule has 0 spiro atoms. The number of methoxy groups -OCH3 is 1. The highest BCUT2D eigenvalue weighted by Crippen LogP contribution is 2.29. The van der Waals surface area contributed by atoms with Gasteiger partial charge in [-0.2, -0.15) is 0 Å². The fourth-order valence-electron chi connectivity index (χ4n) is 3.87. The number of piperazine rings is 1. The third kappa shape index (κ3) is 5.28. The van der Waals surface area contributed by atoms with Crippen molar-refractivity contribution in [2.24, 2.45) is 0 Å². The number of ether oxygens (including phenoxy) is 1. The van der Waals surface area contributed by atoms with Crippen LogP contribution in [0.15, 0.2) is 77.3 Å². The van der Waals surface area contributed by atoms with Crippen molar-refractivity contribution in [2.75, 3.05) is 43.5 Å². The van der Waals surface area contributed by atoms with Crippen LogP contribution in [0, 0.1) is 0 Å². The molecule has 1 saturated heterocycles. The van der Waals surface area contributed by atoms with Crippen molar-refractivity contribution in [3.63, 3.8) is 0 Å². The Labute approximate surface area is 206 Å². The smallest absolute Gasteiger partial charge is 0.337 e. The molecule has 1 aliphatic heterocycles. The number of carbonyl (C=O) groups is 3. The lowest BCUT2D eigenvalue weighted by Gasteiger charge is -2.37. The third-order valence-electron chi connectivity index (χ3n) is 5.70. The third-order valence-corrected chi connectivity index (χ3v) is 6.23. The van der Waals surface area contributed by atoms with Gasteiger partial charge in [0.15, 0.2) is 0 Å². The van der Waals surface area contributed by atoms with E-state index in [1.807, 2.05) is 35.2 Å². The standard InChI is InChI=1S/C26H24BrN3O4/c1-34-26(33)20-9-12-23(22(17-20)28-24(31)18-7-10-21(27)11-8-18)29-13-15-30(16-14-29)25(32)19-5-3-2-4-6-19/h2-12,17H,13-16H2,1H3,(H,28,31). The Kier molecular flexibility index (Phi) is 7.27. The topological polar surface area (TPSA) is 79.0 Å². The van der Waals surface area contributed by atoms with Crippen molar-refractivity contribution in [1.82, 2.24) is 4.90 Å². The van der Waals surface area contributed by atoms with Gasteiger partial charge in [0, 0.05) is 41.8 Å². The number of carbonyl (C=O) groups excluding carboxylic acids is 3. The zero-order valence-corrected chi connectivity index (χ0v) is 20.2. The van der Waals surface area contributed by atoms with E-state index in [2.05, 4.69) is 26.1 Å². The molecule has 1 aliphatic rings. The first kappa shape index (κ1) is 23.5. The minimum absolute atomic E-state index is 0.00468. The summed E-state index contributed by atoms with van der Waals surface area (Å²) in [5.74, 6) is -0.761. The van der Waals surface area contributed by atoms with Gasteiger partial charge in [0.2, 0.25) is 0 Å². The highest BCUT2D eigenvalue weighted by molar-refractivity contribution is 9.10. The molecular formula is C26H24BrN3O4. The molecule has 1 fully saturated rings. The van der Waals surface area contributed by atoms with Crippen LogP contribution in [0.25, 0.3) is 0 Å². The van der Waals surface area contributed by atoms with Crippen LogP contribution in [0.5, 0.6) is 0 Å². The second-order valence-electron chi connectivity index (χ2n) is 7.83. The van der Waals surface area contributed by atoms with Gasteiger partial charge in [0.25, 0.3) is 11.8 Å². The zero-order chi connectivity index (χ0) is 24.1. The Hall–Kier alpha value is -3.65. The summed E-state index contributed by atoms with van der Waals surface area (Å²) in [4.78, 5) is 41.7. The van der Waals surface area contributed by atoms with Crippen LogP contribution >= 0.6 is 15.9 Å². The van der Waals surface area contributed by atoms with Crippen molar-refractivity contribution in [2.45, 2.75) is 0 Å². The van der Waals surface area contributed by atoms with E-state index in [-0.39, 0.29) is 11.8 Å². The Morgan fingerprint density at radius 2 is 1.47 bits per heavy atom. The van der Waals surface area contributed by atoms with Crippen LogP contribution in [0.3, 0.4) is 0 Å². The molecule has 0 saturated carbocycles. The first-order chi connectivity index (χ1) is 16.5. The molecule has 7 nitrogen and oxygen atoms in total. The molecule has 0 bridgehead atoms. The van der Waals surface area contributed by atoms with Gasteiger partial charge in [0.1, 0.15) is 0 Å². The van der Waals surface area contributed by atoms with Gasteiger partial charge in [-0.05, 0) is 54.6 Å². The number of hydrogen-bond acceptors (Lipinski definition) is 5. The van der Waals surface area contributed by atoms with E-state index < -0.39 is 5.97 Å². The van der Waals surface area contributed by atoms with Crippen LogP contribution in [-0.4, -0.2) is 56.0 Å². The van der Waals surface area contributed by atoms with Crippen molar-refractivity contribution < 1.29 is 19.1 Å². The van der Waals surface area contributed by atoms with Crippen molar-refractivity contribution in [1.29, 1.82) is 0 Å². The Morgan fingerprint density at radius 3 is 2.12 bits per heavy atom. The molecule has 34 heavy (non-hydrogen) atoms. The van der Waals surface area contributed by atoms with E-state index in [1.54, 1.807) is 42.5 Å². The Bertz CT molecular complexity index is 1190. The maximum Gasteiger partial charge on any atom is 0.337 e. The predicted molar refractivity (Wildman–Crippen MR) is 134 cm³/mol. The molecule has 2 amide bonds. The van der Waals surface area contributed by atoms with Crippen LogP contribution in [0.4, 0.5) is 11.4 Å². The maximum atomic E-state index is 12.9. The molecule has 3 aromatic carbocycles. The highest BCUT2D eigenvalue weighted by Gasteiger charge is 2.24. The number of anilines is 2. The maximum absolute atomic E-state index is 12.9. The number of rotatable bonds is 5. The van der Waals surface area contributed by atoms with Crippen LogP contribution in [0.2, 0.25) is 0 Å². The summed E-state index contributed by atoms with van der Waals surface area (Å²) >= 11 is 3.37. The second kappa shape index (κ2) is 10.5. The molecule has 3 aromatic rings. The molecule has 0 aliphatic carbocycles. The number of nitrogens with one attached hydrogen (secondary N) is 1. The number of amides is 2. The van der Waals surface area contributed by atoms with Crippen molar-refractivity contribution >= 4 is 45.1 Å². The Balaban J connectivity index is 1.54. The predicted octanol–water partition coefficient (Wildman–Crippen LogP) is 4.45. The first-order valence-electron chi connectivity index (χ1n) is 10.8. The van der Waals surface area contributed by atoms with Gasteiger partial charge < -0.3 is 19.9 Å². The minimum atomic E-state index is -0.482. The Morgan fingerprint density at radius 1 is 0.824 bits per heavy atom. The minimum Gasteiger partial charge on any atom is -0.465 e. The lowest BCUT2D eigenvalue weighted by molar-refractivity contribution is 0.0600. The fraction of sp³-hybridized carbons (Fsp3) is 0.192. The molecule has 0 unspecified atom stereocenters. The van der Waals surface area contributed by atoms with Gasteiger partial charge in [-0.1, -0.05) is 34.1 Å². The molecule has 0 aromatic heterocycles. The monoisotopic (exact) mass is 521 g/mol. The average molecular weight is 522 g/mol. The molecule has 8 heteroatoms. The average Bonchev–Trinajstić information content (AvgIpc) is 2.88. The largest absolute Gasteiger partial charge is 0.465 e. The summed E-state index contributed by atoms with van der Waals surface area (Å²) < 4.78 is 5.72. The zero-order valence-electron chi connectivity index (χ0n) is 18.7. The van der Waals surface area contributed by atoms with Gasteiger partial charge in [-0.15, -0.1) is 0 Å². The second-order valence-corrected chi connectivity index (χ2v) is 8.75. The van der Waals surface area contributed by atoms with Crippen LogP contribution in [0.1, 0.15) is 31.1 Å². The normalized spacial score (nSPS) is 13.4. The number of esters is 1. The van der Waals surface area contributed by atoms with Crippen LogP contribution in [-0.2, 0) is 4.74 Å². The van der Waals surface area contributed by atoms with E-state index in [0.717, 1.165) is 10.2 Å². The molecule has 0 radical (unpaired) electrons.